The molecule has 188 valence electrons. The van der Waals surface area contributed by atoms with E-state index in [9.17, 15) is 10.2 Å². The summed E-state index contributed by atoms with van der Waals surface area (Å²) < 4.78 is 28.3. The quantitative estimate of drug-likeness (QED) is 0.391. The molecule has 0 aliphatic carbocycles. The van der Waals surface area contributed by atoms with Gasteiger partial charge in [-0.25, -0.2) is 0 Å². The molecule has 7 heteroatoms. The average molecular weight is 467 g/mol. The predicted molar refractivity (Wildman–Crippen MR) is 125 cm³/mol. The molecule has 0 aromatic heterocycles. The number of hydrogen-bond acceptors (Lipinski definition) is 7. The number of rotatable bonds is 14. The number of unbranched alkanes of at least 4 members (excludes halogenated alkanes) is 9. The molecule has 3 rings (SSSR count). The van der Waals surface area contributed by atoms with Crippen molar-refractivity contribution in [2.45, 2.75) is 108 Å². The number of aliphatic hydroxyl groups excluding tert-OH is 2. The van der Waals surface area contributed by atoms with E-state index in [4.69, 9.17) is 23.7 Å². The molecule has 0 spiro atoms. The lowest BCUT2D eigenvalue weighted by Gasteiger charge is -2.45. The van der Waals surface area contributed by atoms with Crippen molar-refractivity contribution in [1.82, 2.24) is 0 Å². The highest BCUT2D eigenvalue weighted by Crippen LogP contribution is 2.34. The van der Waals surface area contributed by atoms with E-state index in [-0.39, 0.29) is 6.61 Å². The van der Waals surface area contributed by atoms with Gasteiger partial charge in [-0.15, -0.1) is 0 Å². The van der Waals surface area contributed by atoms with Crippen LogP contribution in [0.4, 0.5) is 0 Å². The first-order valence-electron chi connectivity index (χ1n) is 12.7. The van der Waals surface area contributed by atoms with Crippen molar-refractivity contribution in [3.8, 4) is 5.75 Å². The van der Waals surface area contributed by atoms with Crippen LogP contribution < -0.4 is 4.74 Å². The Morgan fingerprint density at radius 2 is 1.48 bits per heavy atom. The summed E-state index contributed by atoms with van der Waals surface area (Å²) in [4.78, 5) is 0. The lowest BCUT2D eigenvalue weighted by molar-refractivity contribution is -0.358. The molecule has 1 aromatic carbocycles. The van der Waals surface area contributed by atoms with Crippen molar-refractivity contribution in [2.75, 3.05) is 20.3 Å². The molecule has 33 heavy (non-hydrogen) atoms. The van der Waals surface area contributed by atoms with Gasteiger partial charge < -0.3 is 33.9 Å². The zero-order valence-corrected chi connectivity index (χ0v) is 20.2. The Labute approximate surface area is 198 Å². The highest BCUT2D eigenvalue weighted by atomic mass is 16.7. The van der Waals surface area contributed by atoms with Crippen LogP contribution in [0.5, 0.6) is 5.75 Å². The number of hydrogen-bond donors (Lipinski definition) is 2. The van der Waals surface area contributed by atoms with Gasteiger partial charge in [0.25, 0.3) is 0 Å². The number of methoxy groups -OCH3 is 1. The third kappa shape index (κ3) is 7.91. The van der Waals surface area contributed by atoms with Crippen molar-refractivity contribution >= 4 is 0 Å². The van der Waals surface area contributed by atoms with E-state index in [0.29, 0.717) is 0 Å². The van der Waals surface area contributed by atoms with Crippen LogP contribution in [-0.4, -0.2) is 61.2 Å². The Balaban J connectivity index is 1.32. The Morgan fingerprint density at radius 1 is 0.848 bits per heavy atom. The molecule has 6 atom stereocenters. The fourth-order valence-electron chi connectivity index (χ4n) is 4.44. The second-order valence-electron chi connectivity index (χ2n) is 9.13. The summed E-state index contributed by atoms with van der Waals surface area (Å²) in [5.41, 5.74) is 0.829. The molecular weight excluding hydrogens is 424 g/mol. The van der Waals surface area contributed by atoms with Crippen LogP contribution in [0, 0.1) is 0 Å². The fraction of sp³-hybridized carbons (Fsp3) is 0.769. The number of benzene rings is 1. The summed E-state index contributed by atoms with van der Waals surface area (Å²) in [5, 5.41) is 20.5. The van der Waals surface area contributed by atoms with Gasteiger partial charge in [0, 0.05) is 12.7 Å². The van der Waals surface area contributed by atoms with E-state index in [1.54, 1.807) is 0 Å². The molecule has 7 nitrogen and oxygen atoms in total. The Hall–Kier alpha value is -1.22. The molecule has 2 saturated heterocycles. The average Bonchev–Trinajstić information content (AvgIpc) is 2.85. The van der Waals surface area contributed by atoms with Crippen molar-refractivity contribution in [3.63, 3.8) is 0 Å². The normalized spacial score (nSPS) is 29.6. The van der Waals surface area contributed by atoms with Crippen LogP contribution in [0.1, 0.15) is 83.0 Å². The minimum atomic E-state index is -1.17. The second-order valence-corrected chi connectivity index (χ2v) is 9.13. The first kappa shape index (κ1) is 26.4. The predicted octanol–water partition coefficient (Wildman–Crippen LogP) is 4.49. The maximum atomic E-state index is 10.4. The first-order chi connectivity index (χ1) is 16.1. The molecule has 0 unspecified atom stereocenters. The SMILES string of the molecule is CCCCCCCCCCCCOc1ccc([C@@H]2OC[C@H]3O[C@H](OC)[C@H](O)[C@@H](O)[C@@H]3O2)cc1. The molecule has 0 saturated carbocycles. The molecular formula is C26H42O7. The van der Waals surface area contributed by atoms with Gasteiger partial charge in [0.15, 0.2) is 12.6 Å². The fourth-order valence-corrected chi connectivity index (χ4v) is 4.44. The molecule has 2 N–H and O–H groups in total. The molecule has 2 fully saturated rings. The van der Waals surface area contributed by atoms with Crippen LogP contribution in [0.15, 0.2) is 24.3 Å². The molecule has 0 amide bonds. The van der Waals surface area contributed by atoms with Crippen molar-refractivity contribution < 1.29 is 33.9 Å². The van der Waals surface area contributed by atoms with Gasteiger partial charge in [0.2, 0.25) is 0 Å². The van der Waals surface area contributed by atoms with E-state index in [2.05, 4.69) is 6.92 Å². The number of fused-ring (bicyclic) bond motifs is 1. The Bertz CT molecular complexity index is 651. The largest absolute Gasteiger partial charge is 0.494 e. The smallest absolute Gasteiger partial charge is 0.186 e. The highest BCUT2D eigenvalue weighted by Gasteiger charge is 2.49. The van der Waals surface area contributed by atoms with Crippen LogP contribution in [0.3, 0.4) is 0 Å². The van der Waals surface area contributed by atoms with E-state index >= 15 is 0 Å². The van der Waals surface area contributed by atoms with Crippen LogP contribution in [-0.2, 0) is 18.9 Å². The van der Waals surface area contributed by atoms with Crippen LogP contribution in [0.25, 0.3) is 0 Å². The molecule has 2 aliphatic heterocycles. The van der Waals surface area contributed by atoms with E-state index in [1.165, 1.54) is 64.9 Å². The standard InChI is InChI=1S/C26H42O7/c1-3-4-5-6-7-8-9-10-11-12-17-30-20-15-13-19(14-16-20)25-31-18-21-24(33-25)22(27)23(28)26(29-2)32-21/h13-16,21-28H,3-12,17-18H2,1-2H3/t21-,22-,23-,24-,25-,26+/m1/s1. The molecule has 0 bridgehead atoms. The first-order valence-corrected chi connectivity index (χ1v) is 12.7. The molecule has 2 aliphatic rings. The number of aliphatic hydroxyl groups is 2. The minimum absolute atomic E-state index is 0.246. The maximum absolute atomic E-state index is 10.4. The van der Waals surface area contributed by atoms with E-state index in [1.807, 2.05) is 24.3 Å². The second kappa shape index (κ2) is 14.2. The Morgan fingerprint density at radius 3 is 2.12 bits per heavy atom. The van der Waals surface area contributed by atoms with Crippen molar-refractivity contribution in [2.24, 2.45) is 0 Å². The summed E-state index contributed by atoms with van der Waals surface area (Å²) in [6.45, 7) is 3.22. The van der Waals surface area contributed by atoms with Crippen molar-refractivity contribution in [3.05, 3.63) is 29.8 Å². The van der Waals surface area contributed by atoms with Gasteiger partial charge in [-0.2, -0.15) is 0 Å². The molecule has 0 radical (unpaired) electrons. The van der Waals surface area contributed by atoms with E-state index < -0.39 is 37.0 Å². The zero-order chi connectivity index (χ0) is 23.5. The van der Waals surface area contributed by atoms with Gasteiger partial charge in [-0.1, -0.05) is 76.8 Å². The topological polar surface area (TPSA) is 86.6 Å². The summed E-state index contributed by atoms with van der Waals surface area (Å²) in [5.74, 6) is 0.822. The summed E-state index contributed by atoms with van der Waals surface area (Å²) in [6, 6.07) is 7.63. The van der Waals surface area contributed by atoms with Gasteiger partial charge >= 0.3 is 0 Å². The summed E-state index contributed by atoms with van der Waals surface area (Å²) in [6.07, 6.45) is 8.09. The Kier molecular flexibility index (Phi) is 11.4. The lowest BCUT2D eigenvalue weighted by Crippen LogP contribution is -2.62. The maximum Gasteiger partial charge on any atom is 0.186 e. The van der Waals surface area contributed by atoms with Gasteiger partial charge in [-0.05, 0) is 18.6 Å². The van der Waals surface area contributed by atoms with E-state index in [0.717, 1.165) is 24.3 Å². The lowest BCUT2D eigenvalue weighted by atomic mass is 9.98. The third-order valence-electron chi connectivity index (χ3n) is 6.48. The van der Waals surface area contributed by atoms with Crippen LogP contribution in [0.2, 0.25) is 0 Å². The minimum Gasteiger partial charge on any atom is -0.494 e. The number of ether oxygens (including phenoxy) is 5. The zero-order valence-electron chi connectivity index (χ0n) is 20.2. The van der Waals surface area contributed by atoms with Gasteiger partial charge in [0.05, 0.1) is 13.2 Å². The highest BCUT2D eigenvalue weighted by molar-refractivity contribution is 5.28. The summed E-state index contributed by atoms with van der Waals surface area (Å²) >= 11 is 0. The van der Waals surface area contributed by atoms with Gasteiger partial charge in [-0.3, -0.25) is 0 Å². The third-order valence-corrected chi connectivity index (χ3v) is 6.48. The summed E-state index contributed by atoms with van der Waals surface area (Å²) in [7, 11) is 1.42. The molecule has 2 heterocycles. The monoisotopic (exact) mass is 466 g/mol. The van der Waals surface area contributed by atoms with Gasteiger partial charge in [0.1, 0.15) is 30.2 Å². The van der Waals surface area contributed by atoms with Crippen LogP contribution >= 0.6 is 0 Å². The van der Waals surface area contributed by atoms with Crippen molar-refractivity contribution in [1.29, 1.82) is 0 Å². The molecule has 1 aromatic rings.